The number of rotatable bonds is 5. The van der Waals surface area contributed by atoms with Gasteiger partial charge in [0, 0.05) is 12.1 Å². The quantitative estimate of drug-likeness (QED) is 0.482. The van der Waals surface area contributed by atoms with Crippen molar-refractivity contribution in [1.82, 2.24) is 0 Å². The number of nitro groups is 1. The molecule has 0 aliphatic heterocycles. The van der Waals surface area contributed by atoms with E-state index >= 15 is 0 Å². The molecule has 1 aromatic rings. The molecule has 6 heteroatoms. The van der Waals surface area contributed by atoms with Crippen LogP contribution in [0.1, 0.15) is 17.3 Å². The van der Waals surface area contributed by atoms with Crippen LogP contribution in [0.5, 0.6) is 5.75 Å². The summed E-state index contributed by atoms with van der Waals surface area (Å²) in [6.07, 6.45) is 0. The van der Waals surface area contributed by atoms with Gasteiger partial charge in [0.2, 0.25) is 0 Å². The van der Waals surface area contributed by atoms with Crippen LogP contribution in [0.2, 0.25) is 0 Å². The molecule has 0 saturated carbocycles. The minimum absolute atomic E-state index is 0.233. The van der Waals surface area contributed by atoms with Gasteiger partial charge >= 0.3 is 5.97 Å². The van der Waals surface area contributed by atoms with Crippen molar-refractivity contribution in [2.24, 2.45) is 0 Å². The Bertz CT molecular complexity index is 481. The average Bonchev–Trinajstić information content (AvgIpc) is 2.25. The molecule has 0 heterocycles. The van der Waals surface area contributed by atoms with E-state index in [1.165, 1.54) is 6.07 Å². The van der Waals surface area contributed by atoms with Gasteiger partial charge in [0.05, 0.1) is 4.92 Å². The Morgan fingerprint density at radius 2 is 2.24 bits per heavy atom. The Labute approximate surface area is 97.3 Å². The number of carboxylic acid groups (broad SMARTS) is 1. The fraction of sp³-hybridized carbons (Fsp3) is 0.182. The van der Waals surface area contributed by atoms with Crippen LogP contribution in [0.4, 0.5) is 5.69 Å². The summed E-state index contributed by atoms with van der Waals surface area (Å²) >= 11 is 0. The number of ether oxygens (including phenoxy) is 1. The van der Waals surface area contributed by atoms with E-state index in [0.29, 0.717) is 0 Å². The lowest BCUT2D eigenvalue weighted by Crippen LogP contribution is -2.04. The zero-order chi connectivity index (χ0) is 13.0. The van der Waals surface area contributed by atoms with Crippen molar-refractivity contribution in [2.75, 3.05) is 6.61 Å². The Hall–Kier alpha value is -2.37. The fourth-order valence-corrected chi connectivity index (χ4v) is 1.14. The van der Waals surface area contributed by atoms with Crippen LogP contribution in [0.3, 0.4) is 0 Å². The molecule has 0 amide bonds. The molecule has 0 aliphatic rings. The maximum absolute atomic E-state index is 10.8. The van der Waals surface area contributed by atoms with Crippen molar-refractivity contribution in [3.8, 4) is 5.75 Å². The molecule has 0 fully saturated rings. The van der Waals surface area contributed by atoms with Crippen molar-refractivity contribution in [2.45, 2.75) is 6.92 Å². The van der Waals surface area contributed by atoms with E-state index < -0.39 is 22.1 Å². The van der Waals surface area contributed by atoms with E-state index in [0.717, 1.165) is 17.7 Å². The molecule has 0 spiro atoms. The zero-order valence-electron chi connectivity index (χ0n) is 9.17. The molecule has 0 aliphatic carbocycles. The lowest BCUT2D eigenvalue weighted by Gasteiger charge is -2.06. The third-order valence-electron chi connectivity index (χ3n) is 1.88. The molecule has 0 radical (unpaired) electrons. The summed E-state index contributed by atoms with van der Waals surface area (Å²) in [7, 11) is 0. The van der Waals surface area contributed by atoms with E-state index in [4.69, 9.17) is 9.84 Å². The summed E-state index contributed by atoms with van der Waals surface area (Å²) in [4.78, 5) is 20.7. The second kappa shape index (κ2) is 5.11. The number of nitrogens with zero attached hydrogens (tertiary/aromatic N) is 1. The van der Waals surface area contributed by atoms with Crippen molar-refractivity contribution >= 4 is 11.7 Å². The predicted molar refractivity (Wildman–Crippen MR) is 60.4 cm³/mol. The maximum atomic E-state index is 10.8. The summed E-state index contributed by atoms with van der Waals surface area (Å²) in [6.45, 7) is 5.61. The first kappa shape index (κ1) is 12.7. The van der Waals surface area contributed by atoms with E-state index in [2.05, 4.69) is 6.58 Å². The lowest BCUT2D eigenvalue weighted by atomic mass is 10.1. The van der Waals surface area contributed by atoms with Crippen LogP contribution in [0, 0.1) is 10.1 Å². The smallest absolute Gasteiger partial charge is 0.342 e. The van der Waals surface area contributed by atoms with Crippen LogP contribution >= 0.6 is 0 Å². The second-order valence-corrected chi connectivity index (χ2v) is 3.49. The topological polar surface area (TPSA) is 89.7 Å². The molecule has 0 saturated heterocycles. The standard InChI is InChI=1S/C11H11NO5/c1-7(2)6-17-8-3-4-10(12(15)16)9(5-8)11(13)14/h3-5H,1,6H2,2H3,(H,13,14). The molecule has 0 unspecified atom stereocenters. The van der Waals surface area contributed by atoms with Crippen LogP contribution in [-0.4, -0.2) is 22.6 Å². The second-order valence-electron chi connectivity index (χ2n) is 3.49. The summed E-state index contributed by atoms with van der Waals surface area (Å²) in [5.74, 6) is -1.10. The van der Waals surface area contributed by atoms with Crippen LogP contribution in [0.15, 0.2) is 30.4 Å². The van der Waals surface area contributed by atoms with Gasteiger partial charge in [-0.15, -0.1) is 0 Å². The highest BCUT2D eigenvalue weighted by molar-refractivity contribution is 5.92. The molecule has 0 aromatic heterocycles. The summed E-state index contributed by atoms with van der Waals surface area (Å²) < 4.78 is 5.21. The molecular formula is C11H11NO5. The number of hydrogen-bond acceptors (Lipinski definition) is 4. The van der Waals surface area contributed by atoms with Gasteiger partial charge < -0.3 is 9.84 Å². The van der Waals surface area contributed by atoms with Gasteiger partial charge in [0.15, 0.2) is 0 Å². The van der Waals surface area contributed by atoms with Gasteiger partial charge in [-0.3, -0.25) is 10.1 Å². The average molecular weight is 237 g/mol. The lowest BCUT2D eigenvalue weighted by molar-refractivity contribution is -0.385. The molecule has 17 heavy (non-hydrogen) atoms. The number of carbonyl (C=O) groups is 1. The van der Waals surface area contributed by atoms with Gasteiger partial charge in [0.1, 0.15) is 17.9 Å². The molecule has 0 atom stereocenters. The van der Waals surface area contributed by atoms with Crippen molar-refractivity contribution in [3.05, 3.63) is 46.0 Å². The van der Waals surface area contributed by atoms with Crippen LogP contribution in [0.25, 0.3) is 0 Å². The number of benzene rings is 1. The van der Waals surface area contributed by atoms with Gasteiger partial charge in [-0.25, -0.2) is 4.79 Å². The molecule has 90 valence electrons. The largest absolute Gasteiger partial charge is 0.489 e. The zero-order valence-corrected chi connectivity index (χ0v) is 9.17. The van der Waals surface area contributed by atoms with E-state index in [9.17, 15) is 14.9 Å². The van der Waals surface area contributed by atoms with Gasteiger partial charge in [-0.1, -0.05) is 6.58 Å². The van der Waals surface area contributed by atoms with Crippen molar-refractivity contribution in [1.29, 1.82) is 0 Å². The van der Waals surface area contributed by atoms with Gasteiger partial charge in [0.25, 0.3) is 5.69 Å². The highest BCUT2D eigenvalue weighted by Gasteiger charge is 2.20. The molecule has 1 N–H and O–H groups in total. The monoisotopic (exact) mass is 237 g/mol. The first-order valence-electron chi connectivity index (χ1n) is 4.70. The molecule has 0 bridgehead atoms. The first-order valence-corrected chi connectivity index (χ1v) is 4.70. The summed E-state index contributed by atoms with van der Waals surface area (Å²) in [5.41, 5.74) is -0.0883. The van der Waals surface area contributed by atoms with E-state index in [-0.39, 0.29) is 12.4 Å². The third-order valence-corrected chi connectivity index (χ3v) is 1.88. The van der Waals surface area contributed by atoms with Gasteiger partial charge in [-0.2, -0.15) is 0 Å². The Morgan fingerprint density at radius 3 is 2.71 bits per heavy atom. The SMILES string of the molecule is C=C(C)COc1ccc([N+](=O)[O-])c(C(=O)O)c1. The number of hydrogen-bond donors (Lipinski definition) is 1. The molecule has 1 rings (SSSR count). The maximum Gasteiger partial charge on any atom is 0.342 e. The fourth-order valence-electron chi connectivity index (χ4n) is 1.14. The number of carboxylic acids is 1. The highest BCUT2D eigenvalue weighted by Crippen LogP contribution is 2.24. The van der Waals surface area contributed by atoms with Crippen molar-refractivity contribution in [3.63, 3.8) is 0 Å². The summed E-state index contributed by atoms with van der Waals surface area (Å²) in [5, 5.41) is 19.4. The van der Waals surface area contributed by atoms with Crippen molar-refractivity contribution < 1.29 is 19.6 Å². The first-order chi connectivity index (χ1) is 7.91. The normalized spacial score (nSPS) is 9.71. The number of aromatic carboxylic acids is 1. The van der Waals surface area contributed by atoms with Crippen LogP contribution < -0.4 is 4.74 Å². The molecule has 6 nitrogen and oxygen atoms in total. The van der Waals surface area contributed by atoms with E-state index in [1.54, 1.807) is 6.92 Å². The minimum Gasteiger partial charge on any atom is -0.489 e. The minimum atomic E-state index is -1.36. The predicted octanol–water partition coefficient (Wildman–Crippen LogP) is 2.25. The summed E-state index contributed by atoms with van der Waals surface area (Å²) in [6, 6.07) is 3.59. The Kier molecular flexibility index (Phi) is 3.82. The highest BCUT2D eigenvalue weighted by atomic mass is 16.6. The molecular weight excluding hydrogens is 226 g/mol. The molecule has 1 aromatic carbocycles. The van der Waals surface area contributed by atoms with E-state index in [1.807, 2.05) is 0 Å². The van der Waals surface area contributed by atoms with Crippen LogP contribution in [-0.2, 0) is 0 Å². The third kappa shape index (κ3) is 3.30. The van der Waals surface area contributed by atoms with Gasteiger partial charge in [-0.05, 0) is 18.6 Å². The Morgan fingerprint density at radius 1 is 1.59 bits per heavy atom. The Balaban J connectivity index is 3.05. The number of nitro benzene ring substituents is 1.